The molecule has 2 unspecified atom stereocenters. The first-order valence-electron chi connectivity index (χ1n) is 10.5. The van der Waals surface area contributed by atoms with E-state index in [4.69, 9.17) is 9.47 Å². The number of amides is 1. The Balaban J connectivity index is 1.72. The number of anilines is 1. The van der Waals surface area contributed by atoms with Crippen LogP contribution in [0, 0.1) is 19.8 Å². The maximum Gasteiger partial charge on any atom is 0.314 e. The van der Waals surface area contributed by atoms with Crippen LogP contribution in [0.1, 0.15) is 46.1 Å². The molecule has 0 radical (unpaired) electrons. The number of rotatable bonds is 7. The summed E-state index contributed by atoms with van der Waals surface area (Å²) in [5.41, 5.74) is 2.98. The molecule has 7 heteroatoms. The minimum absolute atomic E-state index is 0.0360. The van der Waals surface area contributed by atoms with Crippen LogP contribution in [0.4, 0.5) is 5.00 Å². The highest BCUT2D eigenvalue weighted by molar-refractivity contribution is 7.16. The lowest BCUT2D eigenvalue weighted by atomic mass is 9.97. The van der Waals surface area contributed by atoms with E-state index in [1.165, 1.54) is 20.9 Å². The number of aryl methyl sites for hydroxylation is 1. The van der Waals surface area contributed by atoms with E-state index < -0.39 is 0 Å². The number of benzene rings is 1. The maximum absolute atomic E-state index is 12.8. The van der Waals surface area contributed by atoms with E-state index in [1.54, 1.807) is 42.7 Å². The number of ether oxygens (including phenoxy) is 2. The van der Waals surface area contributed by atoms with Crippen molar-refractivity contribution in [3.05, 3.63) is 45.8 Å². The predicted molar refractivity (Wildman–Crippen MR) is 118 cm³/mol. The molecule has 1 aliphatic rings. The molecule has 1 amide bonds. The van der Waals surface area contributed by atoms with E-state index in [1.807, 2.05) is 6.92 Å². The van der Waals surface area contributed by atoms with Crippen LogP contribution in [0.25, 0.3) is 0 Å². The molecule has 1 aromatic heterocycles. The van der Waals surface area contributed by atoms with Crippen molar-refractivity contribution in [1.29, 1.82) is 0 Å². The molecule has 2 atom stereocenters. The highest BCUT2D eigenvalue weighted by Gasteiger charge is 2.31. The van der Waals surface area contributed by atoms with Crippen LogP contribution in [0.2, 0.25) is 0 Å². The molecule has 1 fully saturated rings. The van der Waals surface area contributed by atoms with Crippen molar-refractivity contribution in [2.75, 3.05) is 32.1 Å². The van der Waals surface area contributed by atoms with Gasteiger partial charge in [-0.1, -0.05) is 0 Å². The van der Waals surface area contributed by atoms with Crippen molar-refractivity contribution < 1.29 is 24.0 Å². The fourth-order valence-electron chi connectivity index (χ4n) is 3.93. The summed E-state index contributed by atoms with van der Waals surface area (Å²) in [5.74, 6) is 0.477. The summed E-state index contributed by atoms with van der Waals surface area (Å²) in [7, 11) is 1.61. The van der Waals surface area contributed by atoms with E-state index in [9.17, 15) is 9.59 Å². The fourth-order valence-corrected chi connectivity index (χ4v) is 5.00. The third-order valence-corrected chi connectivity index (χ3v) is 6.92. The molecule has 162 valence electrons. The summed E-state index contributed by atoms with van der Waals surface area (Å²) in [6, 6.07) is 7.10. The number of carbonyl (C=O) groups excluding carboxylic acids is 2. The first-order valence-corrected chi connectivity index (χ1v) is 11.3. The van der Waals surface area contributed by atoms with Gasteiger partial charge in [0.05, 0.1) is 26.8 Å². The van der Waals surface area contributed by atoms with Gasteiger partial charge in [-0.2, -0.15) is 0 Å². The fraction of sp³-hybridized carbons (Fsp3) is 0.478. The second kappa shape index (κ2) is 10.1. The summed E-state index contributed by atoms with van der Waals surface area (Å²) in [4.78, 5) is 27.5. The van der Waals surface area contributed by atoms with Gasteiger partial charge in [0.2, 0.25) is 0 Å². The topological polar surface area (TPSA) is 69.1 Å². The Morgan fingerprint density at radius 3 is 2.63 bits per heavy atom. The van der Waals surface area contributed by atoms with Crippen molar-refractivity contribution in [3.63, 3.8) is 0 Å². The lowest BCUT2D eigenvalue weighted by Crippen LogP contribution is -3.12. The normalized spacial score (nSPS) is 18.7. The van der Waals surface area contributed by atoms with Gasteiger partial charge in [0.25, 0.3) is 5.91 Å². The Labute approximate surface area is 182 Å². The Hall–Kier alpha value is -2.38. The van der Waals surface area contributed by atoms with Gasteiger partial charge in [0.15, 0.2) is 0 Å². The van der Waals surface area contributed by atoms with Crippen LogP contribution in [-0.4, -0.2) is 38.7 Å². The van der Waals surface area contributed by atoms with Crippen molar-refractivity contribution in [2.45, 2.75) is 40.2 Å². The quantitative estimate of drug-likeness (QED) is 0.662. The van der Waals surface area contributed by atoms with Crippen molar-refractivity contribution in [1.82, 2.24) is 0 Å². The zero-order chi connectivity index (χ0) is 21.7. The molecule has 30 heavy (non-hydrogen) atoms. The monoisotopic (exact) mass is 431 g/mol. The van der Waals surface area contributed by atoms with Crippen LogP contribution in [0.3, 0.4) is 0 Å². The zero-order valence-electron chi connectivity index (χ0n) is 18.2. The second-order valence-corrected chi connectivity index (χ2v) is 8.97. The smallest absolute Gasteiger partial charge is 0.314 e. The molecule has 3 rings (SSSR count). The van der Waals surface area contributed by atoms with E-state index in [0.29, 0.717) is 12.2 Å². The van der Waals surface area contributed by atoms with Gasteiger partial charge in [-0.3, -0.25) is 9.59 Å². The largest absolute Gasteiger partial charge is 0.497 e. The average molecular weight is 432 g/mol. The van der Waals surface area contributed by atoms with Gasteiger partial charge in [-0.05, 0) is 63.4 Å². The van der Waals surface area contributed by atoms with Gasteiger partial charge in [0.1, 0.15) is 23.2 Å². The van der Waals surface area contributed by atoms with Crippen LogP contribution < -0.4 is 15.0 Å². The Morgan fingerprint density at radius 2 is 1.97 bits per heavy atom. The van der Waals surface area contributed by atoms with Crippen LogP contribution in [0.15, 0.2) is 24.3 Å². The highest BCUT2D eigenvalue weighted by atomic mass is 32.1. The molecule has 0 spiro atoms. The molecule has 2 heterocycles. The average Bonchev–Trinajstić information content (AvgIpc) is 3.01. The number of methoxy groups -OCH3 is 1. The molecule has 2 aromatic rings. The lowest BCUT2D eigenvalue weighted by Gasteiger charge is -2.29. The number of quaternary nitrogens is 1. The molecule has 6 nitrogen and oxygen atoms in total. The number of esters is 1. The number of likely N-dealkylation sites (tertiary alicyclic amines) is 1. The van der Waals surface area contributed by atoms with Gasteiger partial charge in [0, 0.05) is 16.0 Å². The number of carbonyl (C=O) groups is 2. The number of hydrogen-bond acceptors (Lipinski definition) is 5. The Bertz CT molecular complexity index is 891. The molecule has 0 saturated carbocycles. The number of nitrogens with one attached hydrogen (secondary N) is 2. The van der Waals surface area contributed by atoms with Crippen LogP contribution in [0.5, 0.6) is 5.75 Å². The number of thiophene rings is 1. The molecular weight excluding hydrogens is 400 g/mol. The third kappa shape index (κ3) is 5.21. The van der Waals surface area contributed by atoms with Gasteiger partial charge < -0.3 is 19.7 Å². The molecule has 0 aliphatic carbocycles. The molecular formula is C23H31N2O4S+. The van der Waals surface area contributed by atoms with Crippen LogP contribution >= 0.6 is 11.3 Å². The summed E-state index contributed by atoms with van der Waals surface area (Å²) in [6.45, 7) is 9.06. The summed E-state index contributed by atoms with van der Waals surface area (Å²) in [6.07, 6.45) is 1.90. The summed E-state index contributed by atoms with van der Waals surface area (Å²) >= 11 is 1.61. The molecule has 1 aliphatic heterocycles. The van der Waals surface area contributed by atoms with Crippen molar-refractivity contribution in [2.24, 2.45) is 5.92 Å². The minimum Gasteiger partial charge on any atom is -0.497 e. The molecule has 2 N–H and O–H groups in total. The van der Waals surface area contributed by atoms with Crippen LogP contribution in [-0.2, 0) is 16.1 Å². The van der Waals surface area contributed by atoms with E-state index in [0.717, 1.165) is 43.2 Å². The van der Waals surface area contributed by atoms with Gasteiger partial charge >= 0.3 is 5.97 Å². The SMILES string of the molecule is CCOC(=O)C1CCC[NH+](Cc2c(NC(=O)c3ccc(OC)cc3)sc(C)c2C)C1. The number of piperidine rings is 1. The standard InChI is InChI=1S/C23H30N2O4S/c1-5-29-23(27)18-7-6-12-25(13-18)14-20-15(2)16(3)30-22(20)24-21(26)17-8-10-19(28-4)11-9-17/h8-11,18H,5-7,12-14H2,1-4H3,(H,24,26)/p+1. The van der Waals surface area contributed by atoms with Crippen molar-refractivity contribution >= 4 is 28.2 Å². The van der Waals surface area contributed by atoms with Gasteiger partial charge in [-0.15, -0.1) is 11.3 Å². The van der Waals surface area contributed by atoms with E-state index >= 15 is 0 Å². The maximum atomic E-state index is 12.8. The summed E-state index contributed by atoms with van der Waals surface area (Å²) in [5, 5.41) is 4.00. The molecule has 1 saturated heterocycles. The van der Waals surface area contributed by atoms with Crippen molar-refractivity contribution in [3.8, 4) is 5.75 Å². The summed E-state index contributed by atoms with van der Waals surface area (Å²) < 4.78 is 10.4. The first-order chi connectivity index (χ1) is 14.4. The first kappa shape index (κ1) is 22.3. The predicted octanol–water partition coefficient (Wildman–Crippen LogP) is 2.98. The minimum atomic E-state index is -0.127. The number of hydrogen-bond donors (Lipinski definition) is 2. The second-order valence-electron chi connectivity index (χ2n) is 7.75. The lowest BCUT2D eigenvalue weighted by molar-refractivity contribution is -0.921. The molecule has 1 aromatic carbocycles. The Kier molecular flexibility index (Phi) is 7.50. The highest BCUT2D eigenvalue weighted by Crippen LogP contribution is 2.32. The Morgan fingerprint density at radius 1 is 1.23 bits per heavy atom. The molecule has 0 bridgehead atoms. The zero-order valence-corrected chi connectivity index (χ0v) is 19.0. The van der Waals surface area contributed by atoms with Gasteiger partial charge in [-0.25, -0.2) is 0 Å². The van der Waals surface area contributed by atoms with E-state index in [-0.39, 0.29) is 17.8 Å². The third-order valence-electron chi connectivity index (χ3n) is 5.75. The van der Waals surface area contributed by atoms with E-state index in [2.05, 4.69) is 19.2 Å².